The molecule has 2 aromatic rings. The summed E-state index contributed by atoms with van der Waals surface area (Å²) in [5.41, 5.74) is 0.380. The molecule has 0 saturated carbocycles. The molecule has 0 radical (unpaired) electrons. The van der Waals surface area contributed by atoms with Gasteiger partial charge in [-0.2, -0.15) is 18.4 Å². The van der Waals surface area contributed by atoms with E-state index in [9.17, 15) is 18.0 Å². The highest BCUT2D eigenvalue weighted by Crippen LogP contribution is 2.30. The number of methoxy groups -OCH3 is 1. The third-order valence-electron chi connectivity index (χ3n) is 4.37. The summed E-state index contributed by atoms with van der Waals surface area (Å²) < 4.78 is 48.3. The van der Waals surface area contributed by atoms with Crippen molar-refractivity contribution in [3.8, 4) is 11.9 Å². The molecule has 0 N–H and O–H groups in total. The average molecular weight is 391 g/mol. The van der Waals surface area contributed by atoms with Gasteiger partial charge < -0.3 is 14.4 Å². The van der Waals surface area contributed by atoms with Crippen molar-refractivity contribution >= 4 is 11.7 Å². The molecular weight excluding hydrogens is 375 g/mol. The molecule has 1 aromatic heterocycles. The second-order valence-electron chi connectivity index (χ2n) is 6.19. The molecule has 146 valence electrons. The standard InChI is InChI=1S/C19H16F3N3O3/c1-27-18(26)15-8-12(9-23)2-4-16(15)25-7-6-14(11-25)28-17-5-3-13(10-24-17)19(20,21)22/h2-5,8,10,14H,6-7,11H2,1H3/t14-/m0/s1. The Morgan fingerprint density at radius 3 is 2.71 bits per heavy atom. The number of hydrogen-bond acceptors (Lipinski definition) is 6. The van der Waals surface area contributed by atoms with Crippen LogP contribution in [0.15, 0.2) is 36.5 Å². The predicted molar refractivity (Wildman–Crippen MR) is 93.0 cm³/mol. The van der Waals surface area contributed by atoms with Gasteiger partial charge in [0.1, 0.15) is 6.10 Å². The van der Waals surface area contributed by atoms with Gasteiger partial charge in [-0.25, -0.2) is 9.78 Å². The number of aromatic nitrogens is 1. The summed E-state index contributed by atoms with van der Waals surface area (Å²) in [6, 6.07) is 8.83. The van der Waals surface area contributed by atoms with Crippen molar-refractivity contribution in [2.45, 2.75) is 18.7 Å². The number of benzene rings is 1. The van der Waals surface area contributed by atoms with Crippen LogP contribution in [0.4, 0.5) is 18.9 Å². The van der Waals surface area contributed by atoms with Crippen LogP contribution in [-0.4, -0.2) is 37.3 Å². The Labute approximate surface area is 159 Å². The second kappa shape index (κ2) is 7.76. The lowest BCUT2D eigenvalue weighted by atomic mass is 10.1. The van der Waals surface area contributed by atoms with Crippen molar-refractivity contribution in [2.75, 3.05) is 25.1 Å². The first kappa shape index (κ1) is 19.5. The summed E-state index contributed by atoms with van der Waals surface area (Å²) in [5.74, 6) is -0.450. The normalized spacial score (nSPS) is 16.5. The van der Waals surface area contributed by atoms with Crippen molar-refractivity contribution in [2.24, 2.45) is 0 Å². The van der Waals surface area contributed by atoms with E-state index >= 15 is 0 Å². The van der Waals surface area contributed by atoms with Gasteiger partial charge in [-0.15, -0.1) is 0 Å². The lowest BCUT2D eigenvalue weighted by Crippen LogP contribution is -2.26. The number of ether oxygens (including phenoxy) is 2. The zero-order valence-corrected chi connectivity index (χ0v) is 14.9. The van der Waals surface area contributed by atoms with Gasteiger partial charge in [0.15, 0.2) is 0 Å². The molecule has 9 heteroatoms. The molecule has 0 unspecified atom stereocenters. The first-order valence-corrected chi connectivity index (χ1v) is 8.39. The van der Waals surface area contributed by atoms with Gasteiger partial charge in [-0.05, 0) is 24.3 Å². The fourth-order valence-electron chi connectivity index (χ4n) is 2.99. The van der Waals surface area contributed by atoms with Gasteiger partial charge in [-0.1, -0.05) is 0 Å². The summed E-state index contributed by atoms with van der Waals surface area (Å²) in [5, 5.41) is 9.04. The van der Waals surface area contributed by atoms with Gasteiger partial charge in [0.2, 0.25) is 5.88 Å². The molecule has 1 aliphatic rings. The zero-order chi connectivity index (χ0) is 20.3. The fourth-order valence-corrected chi connectivity index (χ4v) is 2.99. The van der Waals surface area contributed by atoms with Crippen LogP contribution in [0.1, 0.15) is 27.9 Å². The number of carbonyl (C=O) groups is 1. The van der Waals surface area contributed by atoms with E-state index in [1.807, 2.05) is 11.0 Å². The molecule has 28 heavy (non-hydrogen) atoms. The van der Waals surface area contributed by atoms with Gasteiger partial charge in [0.25, 0.3) is 0 Å². The van der Waals surface area contributed by atoms with E-state index < -0.39 is 17.7 Å². The first-order valence-electron chi connectivity index (χ1n) is 8.39. The quantitative estimate of drug-likeness (QED) is 0.744. The van der Waals surface area contributed by atoms with Crippen LogP contribution in [0.25, 0.3) is 0 Å². The highest BCUT2D eigenvalue weighted by molar-refractivity contribution is 5.96. The molecular formula is C19H16F3N3O3. The summed E-state index contributed by atoms with van der Waals surface area (Å²) in [4.78, 5) is 17.7. The van der Waals surface area contributed by atoms with Crippen molar-refractivity contribution in [1.82, 2.24) is 4.98 Å². The van der Waals surface area contributed by atoms with Gasteiger partial charge in [0, 0.05) is 25.2 Å². The number of hydrogen-bond donors (Lipinski definition) is 0. The van der Waals surface area contributed by atoms with Crippen LogP contribution in [0, 0.1) is 11.3 Å². The summed E-state index contributed by atoms with van der Waals surface area (Å²) in [6.45, 7) is 0.986. The Kier molecular flexibility index (Phi) is 5.40. The highest BCUT2D eigenvalue weighted by atomic mass is 19.4. The molecule has 3 rings (SSSR count). The maximum Gasteiger partial charge on any atom is 0.417 e. The number of halogens is 3. The number of nitriles is 1. The molecule has 0 aliphatic carbocycles. The Balaban J connectivity index is 1.72. The maximum atomic E-state index is 12.6. The number of anilines is 1. The molecule has 1 saturated heterocycles. The first-order chi connectivity index (χ1) is 13.3. The van der Waals surface area contributed by atoms with Gasteiger partial charge >= 0.3 is 12.1 Å². The molecule has 2 heterocycles. The lowest BCUT2D eigenvalue weighted by Gasteiger charge is -2.21. The third-order valence-corrected chi connectivity index (χ3v) is 4.37. The minimum Gasteiger partial charge on any atom is -0.472 e. The molecule has 1 atom stereocenters. The fraction of sp³-hybridized carbons (Fsp3) is 0.316. The van der Waals surface area contributed by atoms with Crippen LogP contribution in [0.5, 0.6) is 5.88 Å². The summed E-state index contributed by atoms with van der Waals surface area (Å²) in [6.07, 6.45) is -3.41. The van der Waals surface area contributed by atoms with E-state index in [-0.39, 0.29) is 17.5 Å². The van der Waals surface area contributed by atoms with Gasteiger partial charge in [0.05, 0.1) is 42.1 Å². The number of alkyl halides is 3. The van der Waals surface area contributed by atoms with E-state index in [1.54, 1.807) is 12.1 Å². The molecule has 0 amide bonds. The zero-order valence-electron chi connectivity index (χ0n) is 14.9. The minimum absolute atomic E-state index is 0.105. The highest BCUT2D eigenvalue weighted by Gasteiger charge is 2.31. The number of rotatable bonds is 4. The maximum absolute atomic E-state index is 12.6. The van der Waals surface area contributed by atoms with Crippen LogP contribution in [0.3, 0.4) is 0 Å². The van der Waals surface area contributed by atoms with Gasteiger partial charge in [-0.3, -0.25) is 0 Å². The topological polar surface area (TPSA) is 75.5 Å². The molecule has 1 fully saturated rings. The molecule has 0 bridgehead atoms. The van der Waals surface area contributed by atoms with Crippen LogP contribution in [0.2, 0.25) is 0 Å². The number of nitrogens with zero attached hydrogens (tertiary/aromatic N) is 3. The smallest absolute Gasteiger partial charge is 0.417 e. The van der Waals surface area contributed by atoms with E-state index in [0.717, 1.165) is 12.3 Å². The number of esters is 1. The van der Waals surface area contributed by atoms with E-state index in [1.165, 1.54) is 19.2 Å². The molecule has 1 aromatic carbocycles. The van der Waals surface area contributed by atoms with Crippen LogP contribution < -0.4 is 9.64 Å². The Morgan fingerprint density at radius 1 is 1.32 bits per heavy atom. The van der Waals surface area contributed by atoms with E-state index in [0.29, 0.717) is 30.8 Å². The van der Waals surface area contributed by atoms with Crippen molar-refractivity contribution in [3.63, 3.8) is 0 Å². The Hall–Kier alpha value is -3.28. The average Bonchev–Trinajstić information content (AvgIpc) is 3.14. The number of carbonyl (C=O) groups excluding carboxylic acids is 1. The van der Waals surface area contributed by atoms with Crippen molar-refractivity contribution in [3.05, 3.63) is 53.2 Å². The largest absolute Gasteiger partial charge is 0.472 e. The Morgan fingerprint density at radius 2 is 2.11 bits per heavy atom. The van der Waals surface area contributed by atoms with Crippen LogP contribution in [-0.2, 0) is 10.9 Å². The predicted octanol–water partition coefficient (Wildman–Crippen LogP) is 3.42. The van der Waals surface area contributed by atoms with E-state index in [2.05, 4.69) is 4.98 Å². The lowest BCUT2D eigenvalue weighted by molar-refractivity contribution is -0.137. The summed E-state index contributed by atoms with van der Waals surface area (Å²) in [7, 11) is 1.26. The van der Waals surface area contributed by atoms with Crippen LogP contribution >= 0.6 is 0 Å². The summed E-state index contributed by atoms with van der Waals surface area (Å²) >= 11 is 0. The van der Waals surface area contributed by atoms with Crippen molar-refractivity contribution < 1.29 is 27.4 Å². The molecule has 0 spiro atoms. The molecule has 6 nitrogen and oxygen atoms in total. The monoisotopic (exact) mass is 391 g/mol. The SMILES string of the molecule is COC(=O)c1cc(C#N)ccc1N1CC[C@H](Oc2ccc(C(F)(F)F)cn2)C1. The third kappa shape index (κ3) is 4.17. The molecule has 1 aliphatic heterocycles. The Bertz CT molecular complexity index is 907. The minimum atomic E-state index is -4.45. The second-order valence-corrected chi connectivity index (χ2v) is 6.19. The number of pyridine rings is 1. The van der Waals surface area contributed by atoms with E-state index in [4.69, 9.17) is 14.7 Å². The van der Waals surface area contributed by atoms with Crippen molar-refractivity contribution in [1.29, 1.82) is 5.26 Å².